The molecule has 4 nitrogen and oxygen atoms in total. The van der Waals surface area contributed by atoms with Crippen molar-refractivity contribution in [3.05, 3.63) is 34.9 Å². The van der Waals surface area contributed by atoms with Crippen molar-refractivity contribution >= 4 is 17.6 Å². The van der Waals surface area contributed by atoms with Gasteiger partial charge in [-0.2, -0.15) is 0 Å². The lowest BCUT2D eigenvalue weighted by molar-refractivity contribution is 0.233. The van der Waals surface area contributed by atoms with Gasteiger partial charge in [0.15, 0.2) is 0 Å². The molecule has 98 valence electrons. The van der Waals surface area contributed by atoms with Gasteiger partial charge in [0.05, 0.1) is 0 Å². The molecule has 2 amide bonds. The molecule has 0 bridgehead atoms. The molecular formula is C13H18ClN3O. The number of benzene rings is 1. The van der Waals surface area contributed by atoms with Gasteiger partial charge < -0.3 is 16.0 Å². The quantitative estimate of drug-likeness (QED) is 0.783. The van der Waals surface area contributed by atoms with Crippen LogP contribution in [0.5, 0.6) is 0 Å². The molecule has 1 aromatic rings. The predicted molar refractivity (Wildman–Crippen MR) is 72.7 cm³/mol. The fourth-order valence-corrected chi connectivity index (χ4v) is 2.24. The van der Waals surface area contributed by atoms with E-state index in [1.165, 1.54) is 0 Å². The third kappa shape index (κ3) is 4.20. The molecule has 0 aromatic heterocycles. The van der Waals surface area contributed by atoms with Gasteiger partial charge in [-0.25, -0.2) is 4.79 Å². The van der Waals surface area contributed by atoms with Crippen LogP contribution in [0.4, 0.5) is 4.79 Å². The van der Waals surface area contributed by atoms with Crippen molar-refractivity contribution < 1.29 is 4.79 Å². The first-order valence-corrected chi connectivity index (χ1v) is 6.61. The van der Waals surface area contributed by atoms with Gasteiger partial charge in [0, 0.05) is 17.6 Å². The lowest BCUT2D eigenvalue weighted by Crippen LogP contribution is -2.46. The molecule has 5 heteroatoms. The number of carbonyl (C=O) groups excluding carboxylic acids is 1. The number of urea groups is 1. The molecule has 0 spiro atoms. The maximum atomic E-state index is 11.7. The number of halogens is 1. The van der Waals surface area contributed by atoms with Gasteiger partial charge in [0.25, 0.3) is 0 Å². The summed E-state index contributed by atoms with van der Waals surface area (Å²) in [6.45, 7) is 2.44. The predicted octanol–water partition coefficient (Wildman–Crippen LogP) is 1.89. The van der Waals surface area contributed by atoms with E-state index in [1.54, 1.807) is 0 Å². The standard InChI is InChI=1S/C13H18ClN3O/c14-11-3-1-2-10(8-11)9-16-13(18)17-12-4-6-15-7-5-12/h1-3,8,12,15H,4-7,9H2,(H2,16,17,18). The van der Waals surface area contributed by atoms with E-state index < -0.39 is 0 Å². The Kier molecular flexibility index (Phi) is 4.84. The first kappa shape index (κ1) is 13.2. The molecule has 0 atom stereocenters. The first-order chi connectivity index (χ1) is 8.74. The van der Waals surface area contributed by atoms with Crippen molar-refractivity contribution in [3.63, 3.8) is 0 Å². The number of nitrogens with one attached hydrogen (secondary N) is 3. The van der Waals surface area contributed by atoms with Crippen LogP contribution < -0.4 is 16.0 Å². The lowest BCUT2D eigenvalue weighted by Gasteiger charge is -2.23. The van der Waals surface area contributed by atoms with E-state index in [0.717, 1.165) is 31.5 Å². The van der Waals surface area contributed by atoms with E-state index >= 15 is 0 Å². The Balaban J connectivity index is 1.74. The average Bonchev–Trinajstić information content (AvgIpc) is 2.38. The van der Waals surface area contributed by atoms with Gasteiger partial charge in [-0.05, 0) is 43.6 Å². The highest BCUT2D eigenvalue weighted by Gasteiger charge is 2.14. The molecule has 0 saturated carbocycles. The van der Waals surface area contributed by atoms with Gasteiger partial charge in [-0.15, -0.1) is 0 Å². The Morgan fingerprint density at radius 2 is 2.17 bits per heavy atom. The molecule has 1 fully saturated rings. The normalized spacial score (nSPS) is 16.3. The third-order valence-corrected chi connectivity index (χ3v) is 3.25. The van der Waals surface area contributed by atoms with Gasteiger partial charge in [0.2, 0.25) is 0 Å². The van der Waals surface area contributed by atoms with Crippen LogP contribution in [0.2, 0.25) is 5.02 Å². The summed E-state index contributed by atoms with van der Waals surface area (Å²) in [6, 6.07) is 7.67. The molecular weight excluding hydrogens is 250 g/mol. The fraction of sp³-hybridized carbons (Fsp3) is 0.462. The molecule has 1 saturated heterocycles. The largest absolute Gasteiger partial charge is 0.335 e. The molecule has 1 heterocycles. The summed E-state index contributed by atoms with van der Waals surface area (Å²) < 4.78 is 0. The summed E-state index contributed by atoms with van der Waals surface area (Å²) >= 11 is 5.88. The van der Waals surface area contributed by atoms with E-state index in [9.17, 15) is 4.79 Å². The summed E-state index contributed by atoms with van der Waals surface area (Å²) in [6.07, 6.45) is 1.98. The minimum Gasteiger partial charge on any atom is -0.335 e. The molecule has 1 aromatic carbocycles. The van der Waals surface area contributed by atoms with E-state index in [4.69, 9.17) is 11.6 Å². The zero-order valence-electron chi connectivity index (χ0n) is 10.2. The van der Waals surface area contributed by atoms with Crippen LogP contribution in [0.25, 0.3) is 0 Å². The van der Waals surface area contributed by atoms with Crippen LogP contribution in [0.15, 0.2) is 24.3 Å². The molecule has 2 rings (SSSR count). The summed E-state index contributed by atoms with van der Waals surface area (Å²) in [4.78, 5) is 11.7. The van der Waals surface area contributed by atoms with Crippen molar-refractivity contribution in [1.29, 1.82) is 0 Å². The number of hydrogen-bond donors (Lipinski definition) is 3. The van der Waals surface area contributed by atoms with E-state index in [1.807, 2.05) is 24.3 Å². The van der Waals surface area contributed by atoms with Gasteiger partial charge >= 0.3 is 6.03 Å². The summed E-state index contributed by atoms with van der Waals surface area (Å²) in [5, 5.41) is 9.78. The second-order valence-corrected chi connectivity index (χ2v) is 4.92. The Morgan fingerprint density at radius 1 is 1.39 bits per heavy atom. The Hall–Kier alpha value is -1.26. The summed E-state index contributed by atoms with van der Waals surface area (Å²) in [5.74, 6) is 0. The van der Waals surface area contributed by atoms with Crippen molar-refractivity contribution in [2.45, 2.75) is 25.4 Å². The van der Waals surface area contributed by atoms with Crippen LogP contribution in [0.1, 0.15) is 18.4 Å². The maximum Gasteiger partial charge on any atom is 0.315 e. The van der Waals surface area contributed by atoms with Crippen molar-refractivity contribution in [3.8, 4) is 0 Å². The van der Waals surface area contributed by atoms with Crippen LogP contribution >= 0.6 is 11.6 Å². The topological polar surface area (TPSA) is 53.2 Å². The highest BCUT2D eigenvalue weighted by Crippen LogP contribution is 2.10. The molecule has 1 aliphatic rings. The van der Waals surface area contributed by atoms with E-state index in [2.05, 4.69) is 16.0 Å². The van der Waals surface area contributed by atoms with Crippen LogP contribution in [-0.4, -0.2) is 25.2 Å². The average molecular weight is 268 g/mol. The summed E-state index contributed by atoms with van der Waals surface area (Å²) in [7, 11) is 0. The number of rotatable bonds is 3. The molecule has 0 aliphatic carbocycles. The van der Waals surface area contributed by atoms with E-state index in [-0.39, 0.29) is 12.1 Å². The Labute approximate surface area is 112 Å². The van der Waals surface area contributed by atoms with Crippen molar-refractivity contribution in [1.82, 2.24) is 16.0 Å². The molecule has 18 heavy (non-hydrogen) atoms. The highest BCUT2D eigenvalue weighted by atomic mass is 35.5. The lowest BCUT2D eigenvalue weighted by atomic mass is 10.1. The molecule has 0 radical (unpaired) electrons. The molecule has 1 aliphatic heterocycles. The molecule has 0 unspecified atom stereocenters. The number of amides is 2. The summed E-state index contributed by atoms with van der Waals surface area (Å²) in [5.41, 5.74) is 1.00. The zero-order valence-corrected chi connectivity index (χ0v) is 11.0. The Bertz CT molecular complexity index is 405. The number of hydrogen-bond acceptors (Lipinski definition) is 2. The van der Waals surface area contributed by atoms with Gasteiger partial charge in [0.1, 0.15) is 0 Å². The first-order valence-electron chi connectivity index (χ1n) is 6.23. The third-order valence-electron chi connectivity index (χ3n) is 3.02. The minimum absolute atomic E-state index is 0.109. The van der Waals surface area contributed by atoms with Crippen LogP contribution in [0, 0.1) is 0 Å². The number of carbonyl (C=O) groups is 1. The SMILES string of the molecule is O=C(NCc1cccc(Cl)c1)NC1CCNCC1. The maximum absolute atomic E-state index is 11.7. The van der Waals surface area contributed by atoms with Gasteiger partial charge in [-0.1, -0.05) is 23.7 Å². The highest BCUT2D eigenvalue weighted by molar-refractivity contribution is 6.30. The smallest absolute Gasteiger partial charge is 0.315 e. The zero-order chi connectivity index (χ0) is 12.8. The second-order valence-electron chi connectivity index (χ2n) is 4.48. The number of piperidine rings is 1. The van der Waals surface area contributed by atoms with Crippen LogP contribution in [0.3, 0.4) is 0 Å². The second kappa shape index (κ2) is 6.61. The Morgan fingerprint density at radius 3 is 2.89 bits per heavy atom. The fourth-order valence-electron chi connectivity index (χ4n) is 2.03. The molecule has 3 N–H and O–H groups in total. The van der Waals surface area contributed by atoms with Crippen molar-refractivity contribution in [2.24, 2.45) is 0 Å². The van der Waals surface area contributed by atoms with Crippen molar-refractivity contribution in [2.75, 3.05) is 13.1 Å². The minimum atomic E-state index is -0.109. The van der Waals surface area contributed by atoms with Gasteiger partial charge in [-0.3, -0.25) is 0 Å². The van der Waals surface area contributed by atoms with E-state index in [0.29, 0.717) is 11.6 Å². The van der Waals surface area contributed by atoms with Crippen LogP contribution in [-0.2, 0) is 6.54 Å². The monoisotopic (exact) mass is 267 g/mol.